The summed E-state index contributed by atoms with van der Waals surface area (Å²) in [6, 6.07) is 7.87. The molecule has 5 rings (SSSR count). The zero-order valence-electron chi connectivity index (χ0n) is 23.1. The molecule has 1 fully saturated rings. The molecule has 0 bridgehead atoms. The minimum Gasteiger partial charge on any atom is -0.372 e. The topological polar surface area (TPSA) is 3.24 Å². The van der Waals surface area contributed by atoms with E-state index >= 15 is 0 Å². The van der Waals surface area contributed by atoms with Crippen LogP contribution >= 0.6 is 162 Å². The van der Waals surface area contributed by atoms with Crippen molar-refractivity contribution in [3.63, 3.8) is 0 Å². The Morgan fingerprint density at radius 1 is 0.404 bits per heavy atom. The van der Waals surface area contributed by atoms with E-state index in [4.69, 9.17) is 162 Å². The van der Waals surface area contributed by atoms with Crippen molar-refractivity contribution in [1.29, 1.82) is 0 Å². The first-order valence-electron chi connectivity index (χ1n) is 13.3. The Hall–Kier alpha value is 0.300. The van der Waals surface area contributed by atoms with Gasteiger partial charge in [-0.2, -0.15) is 0 Å². The van der Waals surface area contributed by atoms with Crippen molar-refractivity contribution in [2.45, 2.75) is 19.3 Å². The number of hydrogen-bond donors (Lipinski definition) is 0. The summed E-state index contributed by atoms with van der Waals surface area (Å²) in [6.45, 7) is 2.04. The molecule has 0 spiro atoms. The Kier molecular flexibility index (Phi) is 13.0. The van der Waals surface area contributed by atoms with Crippen LogP contribution in [0.2, 0.25) is 70.3 Å². The third-order valence-electron chi connectivity index (χ3n) is 7.35. The highest BCUT2D eigenvalue weighted by atomic mass is 35.5. The van der Waals surface area contributed by atoms with Crippen molar-refractivity contribution in [1.82, 2.24) is 0 Å². The van der Waals surface area contributed by atoms with Crippen molar-refractivity contribution in [2.75, 3.05) is 18.0 Å². The maximum absolute atomic E-state index is 6.96. The van der Waals surface area contributed by atoms with Gasteiger partial charge in [0.2, 0.25) is 0 Å². The van der Waals surface area contributed by atoms with Gasteiger partial charge in [-0.1, -0.05) is 174 Å². The molecular formula is C32H14Cl14N. The Bertz CT molecular complexity index is 1820. The third kappa shape index (κ3) is 7.33. The predicted octanol–water partition coefficient (Wildman–Crippen LogP) is 16.2. The van der Waals surface area contributed by atoms with Gasteiger partial charge < -0.3 is 4.90 Å². The molecule has 1 aliphatic heterocycles. The second-order valence-electron chi connectivity index (χ2n) is 10.1. The van der Waals surface area contributed by atoms with Crippen LogP contribution in [0, 0.1) is 17.8 Å². The fourth-order valence-electron chi connectivity index (χ4n) is 5.03. The van der Waals surface area contributed by atoms with Gasteiger partial charge in [-0.3, -0.25) is 0 Å². The SMILES string of the molecule is Clc1c(Cl)c(Cl)c([C](c2c(Cl)c(Cl)c(Cl)c(Cl)c2Cl)c2c(Cl)c(Cl)c(C#Cc3ccc(N4CCCCC4)cc3)c(Cl)c2Cl)c(Cl)c1Cl. The Morgan fingerprint density at radius 2 is 0.745 bits per heavy atom. The van der Waals surface area contributed by atoms with Crippen LogP contribution in [0.25, 0.3) is 0 Å². The van der Waals surface area contributed by atoms with Gasteiger partial charge in [-0.25, -0.2) is 0 Å². The van der Waals surface area contributed by atoms with Crippen LogP contribution in [0.15, 0.2) is 24.3 Å². The molecule has 1 aliphatic rings. The molecular weight excluding hydrogens is 895 g/mol. The normalized spacial score (nSPS) is 13.3. The summed E-state index contributed by atoms with van der Waals surface area (Å²) in [5, 5.41) is -1.80. The Balaban J connectivity index is 1.73. The molecule has 47 heavy (non-hydrogen) atoms. The van der Waals surface area contributed by atoms with Gasteiger partial charge in [0.05, 0.1) is 81.8 Å². The maximum atomic E-state index is 6.96. The molecule has 0 N–H and O–H groups in total. The van der Waals surface area contributed by atoms with E-state index in [0.29, 0.717) is 0 Å². The van der Waals surface area contributed by atoms with Gasteiger partial charge in [0, 0.05) is 41.0 Å². The van der Waals surface area contributed by atoms with Crippen molar-refractivity contribution < 1.29 is 0 Å². The first kappa shape index (κ1) is 38.5. The van der Waals surface area contributed by atoms with E-state index in [9.17, 15) is 0 Å². The van der Waals surface area contributed by atoms with Crippen molar-refractivity contribution in [3.05, 3.63) is 128 Å². The lowest BCUT2D eigenvalue weighted by Gasteiger charge is -2.28. The first-order valence-corrected chi connectivity index (χ1v) is 18.6. The Morgan fingerprint density at radius 3 is 1.13 bits per heavy atom. The largest absolute Gasteiger partial charge is 0.372 e. The highest BCUT2D eigenvalue weighted by Crippen LogP contribution is 2.57. The smallest absolute Gasteiger partial charge is 0.0809 e. The van der Waals surface area contributed by atoms with E-state index in [2.05, 4.69) is 16.7 Å². The first-order chi connectivity index (χ1) is 22.2. The number of halogens is 14. The standard InChI is InChI=1S/C32H14Cl14N/c33-19-14(9-6-12-4-7-13(8-5-12)47-10-2-1-3-11-47)20(34)22(36)16(21(19)35)15(17-23(37)27(41)31(45)28(42)24(17)38)18-25(39)29(43)32(46)30(44)26(18)40/h4-5,7-8H,1-3,10-11H2. The second kappa shape index (κ2) is 15.9. The van der Waals surface area contributed by atoms with E-state index in [0.717, 1.165) is 24.3 Å². The molecule has 0 aliphatic carbocycles. The minimum atomic E-state index is -0.161. The summed E-state index contributed by atoms with van der Waals surface area (Å²) in [5.41, 5.74) is 1.92. The second-order valence-corrected chi connectivity index (χ2v) is 15.4. The summed E-state index contributed by atoms with van der Waals surface area (Å²) < 4.78 is 0. The van der Waals surface area contributed by atoms with E-state index in [1.54, 1.807) is 0 Å². The fourth-order valence-corrected chi connectivity index (χ4v) is 8.82. The molecule has 4 aromatic rings. The molecule has 0 amide bonds. The summed E-state index contributed by atoms with van der Waals surface area (Å²) in [7, 11) is 0. The van der Waals surface area contributed by atoms with Crippen LogP contribution in [0.5, 0.6) is 0 Å². The van der Waals surface area contributed by atoms with Crippen LogP contribution in [0.3, 0.4) is 0 Å². The fraction of sp³-hybridized carbons (Fsp3) is 0.156. The number of hydrogen-bond acceptors (Lipinski definition) is 1. The highest BCUT2D eigenvalue weighted by Gasteiger charge is 2.38. The van der Waals surface area contributed by atoms with E-state index < -0.39 is 0 Å². The monoisotopic (exact) mass is 902 g/mol. The summed E-state index contributed by atoms with van der Waals surface area (Å²) in [4.78, 5) is 2.35. The number of anilines is 1. The van der Waals surface area contributed by atoms with Crippen LogP contribution in [-0.4, -0.2) is 13.1 Å². The van der Waals surface area contributed by atoms with Gasteiger partial charge in [-0.15, -0.1) is 0 Å². The van der Waals surface area contributed by atoms with E-state index in [-0.39, 0.29) is 98.5 Å². The van der Waals surface area contributed by atoms with Gasteiger partial charge in [0.25, 0.3) is 0 Å². The summed E-state index contributed by atoms with van der Waals surface area (Å²) >= 11 is 93.1. The zero-order valence-corrected chi connectivity index (χ0v) is 33.7. The third-order valence-corrected chi connectivity index (χ3v) is 13.6. The number of piperidine rings is 1. The van der Waals surface area contributed by atoms with Crippen LogP contribution in [-0.2, 0) is 0 Å². The van der Waals surface area contributed by atoms with Crippen molar-refractivity contribution >= 4 is 168 Å². The van der Waals surface area contributed by atoms with Crippen molar-refractivity contribution in [2.24, 2.45) is 0 Å². The molecule has 1 saturated heterocycles. The molecule has 1 nitrogen and oxygen atoms in total. The zero-order chi connectivity index (χ0) is 34.5. The van der Waals surface area contributed by atoms with E-state index in [1.165, 1.54) is 19.3 Å². The van der Waals surface area contributed by atoms with Gasteiger partial charge in [0.15, 0.2) is 0 Å². The van der Waals surface area contributed by atoms with Gasteiger partial charge in [-0.05, 0) is 43.5 Å². The Labute approximate surface area is 342 Å². The molecule has 0 aromatic heterocycles. The van der Waals surface area contributed by atoms with Crippen LogP contribution in [0.1, 0.15) is 47.1 Å². The maximum Gasteiger partial charge on any atom is 0.0809 e. The molecule has 0 unspecified atom stereocenters. The summed E-state index contributed by atoms with van der Waals surface area (Å²) in [6.07, 6.45) is 3.58. The molecule has 0 saturated carbocycles. The van der Waals surface area contributed by atoms with Gasteiger partial charge in [0.1, 0.15) is 0 Å². The quantitative estimate of drug-likeness (QED) is 0.0854. The highest BCUT2D eigenvalue weighted by molar-refractivity contribution is 6.57. The molecule has 0 atom stereocenters. The van der Waals surface area contributed by atoms with Crippen LogP contribution < -0.4 is 4.90 Å². The molecule has 1 radical (unpaired) electrons. The average molecular weight is 909 g/mol. The van der Waals surface area contributed by atoms with Gasteiger partial charge >= 0.3 is 0 Å². The molecule has 4 aromatic carbocycles. The number of benzene rings is 4. The minimum absolute atomic E-state index is 0.0173. The lowest BCUT2D eigenvalue weighted by Crippen LogP contribution is -2.29. The van der Waals surface area contributed by atoms with Crippen LogP contribution in [0.4, 0.5) is 5.69 Å². The lowest BCUT2D eigenvalue weighted by molar-refractivity contribution is 0.578. The van der Waals surface area contributed by atoms with E-state index in [1.807, 2.05) is 24.3 Å². The lowest BCUT2D eigenvalue weighted by atomic mass is 9.84. The molecule has 1 heterocycles. The average Bonchev–Trinajstić information content (AvgIpc) is 3.08. The van der Waals surface area contributed by atoms with Crippen molar-refractivity contribution in [3.8, 4) is 11.8 Å². The predicted molar refractivity (Wildman–Crippen MR) is 209 cm³/mol. The summed E-state index contributed by atoms with van der Waals surface area (Å²) in [5.74, 6) is 6.04. The molecule has 245 valence electrons. The number of nitrogens with zero attached hydrogens (tertiary/aromatic N) is 1. The molecule has 15 heteroatoms. The number of rotatable bonds is 4.